The summed E-state index contributed by atoms with van der Waals surface area (Å²) in [7, 11) is 3.78. The van der Waals surface area contributed by atoms with E-state index in [9.17, 15) is 4.79 Å². The molecule has 0 atom stereocenters. The number of nitrogens with zero attached hydrogens (tertiary/aromatic N) is 6. The number of nitrogen functional groups attached to an aromatic ring is 4. The van der Waals surface area contributed by atoms with Crippen LogP contribution >= 0.6 is 34.8 Å². The Morgan fingerprint density at radius 1 is 0.333 bits per heavy atom. The summed E-state index contributed by atoms with van der Waals surface area (Å²) in [6.45, 7) is 1.83. The van der Waals surface area contributed by atoms with Gasteiger partial charge in [0.15, 0.2) is 0 Å². The molecule has 2 aromatic heterocycles. The first kappa shape index (κ1) is 70.8. The lowest BCUT2D eigenvalue weighted by Gasteiger charge is -2.34. The van der Waals surface area contributed by atoms with E-state index in [2.05, 4.69) is 251 Å². The number of nitrogens with one attached hydrogen (secondary N) is 5. The molecule has 0 aliphatic heterocycles. The minimum atomic E-state index is -0.491. The first-order chi connectivity index (χ1) is 51.1. The van der Waals surface area contributed by atoms with Crippen LogP contribution in [0.4, 0.5) is 63.1 Å². The number of benzene rings is 12. The van der Waals surface area contributed by atoms with Crippen molar-refractivity contribution in [1.29, 1.82) is 0 Å². The van der Waals surface area contributed by atoms with E-state index >= 15 is 0 Å². The van der Waals surface area contributed by atoms with Gasteiger partial charge in [0, 0.05) is 70.8 Å². The van der Waals surface area contributed by atoms with Gasteiger partial charge >= 0.3 is 0 Å². The van der Waals surface area contributed by atoms with Crippen molar-refractivity contribution in [3.05, 3.63) is 374 Å². The molecular weight excluding hydrogens is 1370 g/mol. The summed E-state index contributed by atoms with van der Waals surface area (Å²) in [5.74, 6) is 1.22. The molecule has 0 saturated carbocycles. The third kappa shape index (κ3) is 15.6. The summed E-state index contributed by atoms with van der Waals surface area (Å²) in [6, 6.07) is 99.4. The maximum atomic E-state index is 12.7. The molecule has 0 saturated heterocycles. The van der Waals surface area contributed by atoms with E-state index in [0.717, 1.165) is 63.9 Å². The number of rotatable bonds is 15. The van der Waals surface area contributed by atoms with Crippen molar-refractivity contribution in [2.24, 2.45) is 0 Å². The molecule has 12 aromatic carbocycles. The molecule has 0 radical (unpaired) electrons. The van der Waals surface area contributed by atoms with Crippen molar-refractivity contribution in [3.63, 3.8) is 0 Å². The number of fused-ring (bicyclic) bond motifs is 6. The predicted octanol–water partition coefficient (Wildman–Crippen LogP) is 19.0. The fourth-order valence-electron chi connectivity index (χ4n) is 13.6. The van der Waals surface area contributed by atoms with E-state index in [-0.39, 0.29) is 27.2 Å². The zero-order valence-electron chi connectivity index (χ0n) is 57.7. The SMILES string of the molecule is CNc1ccc(C(=O)Nc2ccc(Nc3nc(C)nc(Nc4ccc(C5(c6ccc(NC)cc6)c6ccccc6-c6ccccc65)cc4)n3)cc2)cc1.Clc1nc(Cl)nc(Cl)n1.Nc1ccc(C2(c3ccc(N)cc3)c3ccccc3-c3ccccc32)cc1.Nc1ccc(CCc2ccc(N)cc2)cc1. The van der Waals surface area contributed by atoms with E-state index in [1.54, 1.807) is 12.1 Å². The number of hydrogen-bond acceptors (Lipinski definition) is 15. The van der Waals surface area contributed by atoms with Crippen LogP contribution in [-0.2, 0) is 23.7 Å². The largest absolute Gasteiger partial charge is 0.399 e. The van der Waals surface area contributed by atoms with Gasteiger partial charge in [-0.3, -0.25) is 4.79 Å². The highest BCUT2D eigenvalue weighted by molar-refractivity contribution is 6.33. The van der Waals surface area contributed by atoms with Crippen molar-refractivity contribution in [2.75, 3.05) is 63.6 Å². The standard InChI is InChI=1S/C44H38N8O.C25H20N2.C14H16N2.C3Cl3N3/c1-28-47-42(52-43(48-28)51-36-26-24-34(25-27-36)49-41(53)29-12-18-32(45-2)19-13-29)50-35-22-16-31(17-23-35)44(30-14-20-33(46-3)21-15-30)39-10-6-4-8-37(39)38-9-5-7-11-40(38)44;26-19-13-9-17(10-14-19)25(18-11-15-20(27)16-12-18)23-7-3-1-5-21(23)22-6-2-4-8-24(22)25;15-13-7-3-11(4-8-13)1-2-12-5-9-14(16)10-6-12;4-1-7-2(5)9-3(6)8-1/h4-27,45-46H,1-3H3,(H,49,53)(H2,47,48,50,51,52);1-16H,26-27H2;3-10H,1-2,15-16H2;. The minimum absolute atomic E-state index is 0.000000000000000444. The molecule has 2 aliphatic rings. The van der Waals surface area contributed by atoms with Crippen LogP contribution in [0.15, 0.2) is 291 Å². The van der Waals surface area contributed by atoms with Gasteiger partial charge < -0.3 is 49.5 Å². The van der Waals surface area contributed by atoms with E-state index in [0.29, 0.717) is 29.0 Å². The predicted molar refractivity (Wildman–Crippen MR) is 431 cm³/mol. The molecule has 520 valence electrons. The zero-order chi connectivity index (χ0) is 73.0. The number of aryl methyl sites for hydroxylation is 3. The monoisotopic (exact) mass is 1440 g/mol. The van der Waals surface area contributed by atoms with Crippen LogP contribution < -0.4 is 49.5 Å². The molecule has 13 N–H and O–H groups in total. The third-order valence-corrected chi connectivity index (χ3v) is 19.1. The molecule has 0 spiro atoms. The average molecular weight is 1440 g/mol. The summed E-state index contributed by atoms with van der Waals surface area (Å²) in [5.41, 5.74) is 48.0. The Labute approximate surface area is 625 Å². The summed E-state index contributed by atoms with van der Waals surface area (Å²) >= 11 is 16.0. The van der Waals surface area contributed by atoms with Crippen LogP contribution in [0.2, 0.25) is 15.9 Å². The van der Waals surface area contributed by atoms with Gasteiger partial charge in [0.1, 0.15) is 5.82 Å². The Balaban J connectivity index is 0.000000153. The lowest BCUT2D eigenvalue weighted by atomic mass is 9.67. The molecule has 16 rings (SSSR count). The summed E-state index contributed by atoms with van der Waals surface area (Å²) in [6.07, 6.45) is 2.06. The number of nitrogens with two attached hydrogens (primary N) is 4. The van der Waals surface area contributed by atoms with Crippen LogP contribution in [-0.4, -0.2) is 49.9 Å². The summed E-state index contributed by atoms with van der Waals surface area (Å²) < 4.78 is 0. The topological polar surface area (TPSA) is 259 Å². The van der Waals surface area contributed by atoms with Crippen LogP contribution in [0.5, 0.6) is 0 Å². The molecule has 2 heterocycles. The Bertz CT molecular complexity index is 5110. The summed E-state index contributed by atoms with van der Waals surface area (Å²) in [5, 5.41) is 15.9. The maximum absolute atomic E-state index is 12.7. The number of carbonyl (C=O) groups excluding carboxylic acids is 1. The summed E-state index contributed by atoms with van der Waals surface area (Å²) in [4.78, 5) is 36.8. The van der Waals surface area contributed by atoms with Crippen LogP contribution in [0.25, 0.3) is 22.3 Å². The Morgan fingerprint density at radius 3 is 0.943 bits per heavy atom. The third-order valence-electron chi connectivity index (χ3n) is 18.6. The van der Waals surface area contributed by atoms with Gasteiger partial charge in [0.2, 0.25) is 27.7 Å². The van der Waals surface area contributed by atoms with Crippen molar-refractivity contribution < 1.29 is 4.79 Å². The van der Waals surface area contributed by atoms with Gasteiger partial charge in [-0.05, 0) is 254 Å². The zero-order valence-corrected chi connectivity index (χ0v) is 59.9. The minimum Gasteiger partial charge on any atom is -0.399 e. The normalized spacial score (nSPS) is 12.1. The van der Waals surface area contributed by atoms with Crippen molar-refractivity contribution in [2.45, 2.75) is 30.6 Å². The molecule has 2 aliphatic carbocycles. The van der Waals surface area contributed by atoms with E-state index in [1.165, 1.54) is 72.3 Å². The molecule has 0 unspecified atom stereocenters. The Morgan fingerprint density at radius 2 is 0.610 bits per heavy atom. The van der Waals surface area contributed by atoms with E-state index < -0.39 is 5.41 Å². The van der Waals surface area contributed by atoms with Gasteiger partial charge in [0.05, 0.1) is 10.8 Å². The van der Waals surface area contributed by atoms with Crippen molar-refractivity contribution in [1.82, 2.24) is 29.9 Å². The highest BCUT2D eigenvalue weighted by Crippen LogP contribution is 2.58. The molecule has 14 aromatic rings. The van der Waals surface area contributed by atoms with Crippen molar-refractivity contribution >= 4 is 104 Å². The van der Waals surface area contributed by atoms with E-state index in [1.807, 2.05) is 106 Å². The molecule has 0 fully saturated rings. The van der Waals surface area contributed by atoms with E-state index in [4.69, 9.17) is 57.7 Å². The molecule has 0 bridgehead atoms. The number of halogens is 3. The second kappa shape index (κ2) is 31.7. The fraction of sp³-hybridized carbons (Fsp3) is 0.0814. The number of hydrogen-bond donors (Lipinski definition) is 9. The highest BCUT2D eigenvalue weighted by Gasteiger charge is 2.47. The Kier molecular flexibility index (Phi) is 21.4. The molecular formula is C86H74Cl3N15O. The van der Waals surface area contributed by atoms with Crippen LogP contribution in [0.1, 0.15) is 71.8 Å². The number of carbonyl (C=O) groups is 1. The maximum Gasteiger partial charge on any atom is 0.255 e. The molecule has 16 nitrogen and oxygen atoms in total. The second-order valence-electron chi connectivity index (χ2n) is 25.1. The Hall–Kier alpha value is -12.6. The number of amides is 1. The van der Waals surface area contributed by atoms with Crippen LogP contribution in [0, 0.1) is 6.92 Å². The van der Waals surface area contributed by atoms with Crippen molar-refractivity contribution in [3.8, 4) is 22.3 Å². The lowest BCUT2D eigenvalue weighted by molar-refractivity contribution is 0.102. The quantitative estimate of drug-likeness (QED) is 0.0433. The second-order valence-corrected chi connectivity index (χ2v) is 26.1. The molecule has 105 heavy (non-hydrogen) atoms. The fourth-order valence-corrected chi connectivity index (χ4v) is 14.3. The first-order valence-electron chi connectivity index (χ1n) is 33.9. The van der Waals surface area contributed by atoms with Gasteiger partial charge in [0.25, 0.3) is 5.91 Å². The van der Waals surface area contributed by atoms with Crippen LogP contribution in [0.3, 0.4) is 0 Å². The number of anilines is 11. The lowest BCUT2D eigenvalue weighted by Crippen LogP contribution is -2.28. The van der Waals surface area contributed by atoms with Gasteiger partial charge in [-0.15, -0.1) is 0 Å². The van der Waals surface area contributed by atoms with Gasteiger partial charge in [-0.1, -0.05) is 170 Å². The van der Waals surface area contributed by atoms with Gasteiger partial charge in [-0.25, -0.2) is 0 Å². The molecule has 1 amide bonds. The molecule has 19 heteroatoms. The highest BCUT2D eigenvalue weighted by atomic mass is 35.5. The smallest absolute Gasteiger partial charge is 0.255 e. The first-order valence-corrected chi connectivity index (χ1v) is 35.1. The average Bonchev–Trinajstić information content (AvgIpc) is 1.56. The van der Waals surface area contributed by atoms with Gasteiger partial charge in [-0.2, -0.15) is 29.9 Å². The number of aromatic nitrogens is 6.